The summed E-state index contributed by atoms with van der Waals surface area (Å²) in [5.74, 6) is 0.0549. The van der Waals surface area contributed by atoms with Gasteiger partial charge in [-0.15, -0.1) is 0 Å². The predicted octanol–water partition coefficient (Wildman–Crippen LogP) is 5.35. The summed E-state index contributed by atoms with van der Waals surface area (Å²) in [5, 5.41) is 0. The van der Waals surface area contributed by atoms with Crippen molar-refractivity contribution in [3.8, 4) is 22.4 Å². The third-order valence-corrected chi connectivity index (χ3v) is 5.08. The first kappa shape index (κ1) is 18.3. The predicted molar refractivity (Wildman–Crippen MR) is 114 cm³/mol. The zero-order chi connectivity index (χ0) is 19.3. The molecule has 3 aromatic carbocycles. The van der Waals surface area contributed by atoms with Gasteiger partial charge in [-0.05, 0) is 40.4 Å². The molecule has 0 unspecified atom stereocenters. The molecule has 4 aromatic rings. The van der Waals surface area contributed by atoms with Crippen molar-refractivity contribution in [1.82, 2.24) is 4.98 Å². The number of carbonyl (C=O) groups is 1. The number of rotatable bonds is 5. The molecule has 0 fully saturated rings. The van der Waals surface area contributed by atoms with Crippen LogP contribution in [0, 0.1) is 0 Å². The van der Waals surface area contributed by atoms with Gasteiger partial charge in [0.25, 0.3) is 6.33 Å². The van der Waals surface area contributed by atoms with E-state index < -0.39 is 0 Å². The molecule has 0 amide bonds. The molecule has 4 heteroatoms. The van der Waals surface area contributed by atoms with Gasteiger partial charge in [0, 0.05) is 21.7 Å². The third kappa shape index (κ3) is 4.24. The van der Waals surface area contributed by atoms with E-state index in [1.807, 2.05) is 54.7 Å². The number of halogens is 1. The second kappa shape index (κ2) is 8.28. The van der Waals surface area contributed by atoms with Gasteiger partial charge in [0.05, 0.1) is 6.20 Å². The Bertz CT molecular complexity index is 1070. The van der Waals surface area contributed by atoms with Crippen LogP contribution in [-0.2, 0) is 6.54 Å². The van der Waals surface area contributed by atoms with Crippen molar-refractivity contribution in [2.24, 2.45) is 0 Å². The van der Waals surface area contributed by atoms with Gasteiger partial charge in [-0.2, -0.15) is 0 Å². The molecule has 0 radical (unpaired) electrons. The van der Waals surface area contributed by atoms with Crippen LogP contribution in [0.2, 0.25) is 0 Å². The molecular formula is C24H18BrN2O+. The Morgan fingerprint density at radius 3 is 2.07 bits per heavy atom. The molecular weight excluding hydrogens is 412 g/mol. The van der Waals surface area contributed by atoms with Crippen molar-refractivity contribution in [3.05, 3.63) is 107 Å². The molecule has 1 heterocycles. The maximum atomic E-state index is 12.4. The molecule has 0 aliphatic heterocycles. The fourth-order valence-corrected chi connectivity index (χ4v) is 3.27. The summed E-state index contributed by atoms with van der Waals surface area (Å²) in [6.07, 6.45) is 3.60. The number of benzene rings is 3. The Morgan fingerprint density at radius 2 is 1.43 bits per heavy atom. The van der Waals surface area contributed by atoms with Crippen molar-refractivity contribution in [2.75, 3.05) is 0 Å². The van der Waals surface area contributed by atoms with Crippen molar-refractivity contribution in [3.63, 3.8) is 0 Å². The van der Waals surface area contributed by atoms with E-state index in [9.17, 15) is 4.79 Å². The highest BCUT2D eigenvalue weighted by molar-refractivity contribution is 9.10. The van der Waals surface area contributed by atoms with Crippen molar-refractivity contribution in [1.29, 1.82) is 0 Å². The van der Waals surface area contributed by atoms with Gasteiger partial charge in [0.2, 0.25) is 5.78 Å². The lowest BCUT2D eigenvalue weighted by molar-refractivity contribution is -0.686. The maximum Gasteiger partial charge on any atom is 0.287 e. The summed E-state index contributed by atoms with van der Waals surface area (Å²) in [5.41, 5.74) is 4.99. The van der Waals surface area contributed by atoms with Gasteiger partial charge >= 0.3 is 0 Å². The van der Waals surface area contributed by atoms with Crippen molar-refractivity contribution < 1.29 is 9.36 Å². The highest BCUT2D eigenvalue weighted by atomic mass is 79.9. The summed E-state index contributed by atoms with van der Waals surface area (Å²) in [6.45, 7) is 0.266. The van der Waals surface area contributed by atoms with Crippen LogP contribution in [0.1, 0.15) is 10.4 Å². The first-order chi connectivity index (χ1) is 13.7. The topological polar surface area (TPSA) is 33.8 Å². The van der Waals surface area contributed by atoms with Crippen molar-refractivity contribution >= 4 is 21.7 Å². The summed E-state index contributed by atoms with van der Waals surface area (Å²) in [7, 11) is 0. The number of aromatic nitrogens is 2. The normalized spacial score (nSPS) is 10.6. The molecule has 0 aliphatic carbocycles. The van der Waals surface area contributed by atoms with Crippen LogP contribution in [0.25, 0.3) is 22.4 Å². The van der Waals surface area contributed by atoms with Crippen LogP contribution < -0.4 is 4.57 Å². The smallest absolute Gasteiger partial charge is 0.287 e. The molecule has 0 bridgehead atoms. The number of hydrogen-bond donors (Lipinski definition) is 0. The van der Waals surface area contributed by atoms with Gasteiger partial charge < -0.3 is 0 Å². The number of hydrogen-bond acceptors (Lipinski definition) is 2. The molecule has 0 atom stereocenters. The number of carbonyl (C=O) groups excluding carboxylic acids is 1. The van der Waals surface area contributed by atoms with Crippen LogP contribution in [0.15, 0.2) is 102 Å². The average molecular weight is 430 g/mol. The van der Waals surface area contributed by atoms with Gasteiger partial charge in [-0.3, -0.25) is 4.79 Å². The van der Waals surface area contributed by atoms with Crippen LogP contribution in [-0.4, -0.2) is 10.8 Å². The van der Waals surface area contributed by atoms with Gasteiger partial charge in [0.1, 0.15) is 0 Å². The summed E-state index contributed by atoms with van der Waals surface area (Å²) >= 11 is 3.38. The first-order valence-electron chi connectivity index (χ1n) is 8.99. The first-order valence-corrected chi connectivity index (χ1v) is 9.78. The van der Waals surface area contributed by atoms with E-state index in [4.69, 9.17) is 0 Å². The fourth-order valence-electron chi connectivity index (χ4n) is 3.01. The second-order valence-electron chi connectivity index (χ2n) is 6.49. The van der Waals surface area contributed by atoms with Gasteiger partial charge in [0.15, 0.2) is 12.2 Å². The third-order valence-electron chi connectivity index (χ3n) is 4.55. The number of Topliss-reactive ketones (excluding diaryl/α,β-unsaturated/α-hetero) is 1. The second-order valence-corrected chi connectivity index (χ2v) is 7.41. The van der Waals surface area contributed by atoms with Crippen LogP contribution in [0.3, 0.4) is 0 Å². The summed E-state index contributed by atoms with van der Waals surface area (Å²) < 4.78 is 2.76. The number of nitrogens with zero attached hydrogens (tertiary/aromatic N) is 2. The minimum Gasteiger partial charge on any atom is -0.290 e. The van der Waals surface area contributed by atoms with Crippen LogP contribution in [0.4, 0.5) is 0 Å². The minimum atomic E-state index is 0.0549. The van der Waals surface area contributed by atoms with E-state index in [0.29, 0.717) is 5.56 Å². The standard InChI is InChI=1S/C24H18BrN2O/c25-22-12-10-21(11-13-22)24(28)16-27-15-14-23(26-17-27)20-8-6-19(7-9-20)18-4-2-1-3-5-18/h1-15,17H,16H2/q+1. The van der Waals surface area contributed by atoms with Crippen LogP contribution >= 0.6 is 15.9 Å². The monoisotopic (exact) mass is 429 g/mol. The highest BCUT2D eigenvalue weighted by Gasteiger charge is 2.12. The maximum absolute atomic E-state index is 12.4. The molecule has 0 saturated heterocycles. The Hall–Kier alpha value is -3.11. The lowest BCUT2D eigenvalue weighted by Gasteiger charge is -2.03. The molecule has 4 rings (SSSR count). The lowest BCUT2D eigenvalue weighted by Crippen LogP contribution is -2.37. The van der Waals surface area contributed by atoms with E-state index in [1.165, 1.54) is 11.1 Å². The van der Waals surface area contributed by atoms with E-state index >= 15 is 0 Å². The Balaban J connectivity index is 1.47. The summed E-state index contributed by atoms with van der Waals surface area (Å²) in [4.78, 5) is 16.9. The molecule has 1 aromatic heterocycles. The average Bonchev–Trinajstić information content (AvgIpc) is 2.75. The largest absolute Gasteiger partial charge is 0.290 e. The van der Waals surface area contributed by atoms with E-state index in [0.717, 1.165) is 15.7 Å². The Kier molecular flexibility index (Phi) is 5.40. The molecule has 28 heavy (non-hydrogen) atoms. The minimum absolute atomic E-state index is 0.0549. The van der Waals surface area contributed by atoms with Crippen LogP contribution in [0.5, 0.6) is 0 Å². The number of ketones is 1. The zero-order valence-electron chi connectivity index (χ0n) is 15.1. The SMILES string of the molecule is O=C(C[n+]1ccc(-c2ccc(-c3ccccc3)cc2)nc1)c1ccc(Br)cc1. The molecule has 0 N–H and O–H groups in total. The quantitative estimate of drug-likeness (QED) is 0.316. The highest BCUT2D eigenvalue weighted by Crippen LogP contribution is 2.23. The molecule has 0 spiro atoms. The van der Waals surface area contributed by atoms with E-state index in [2.05, 4.69) is 57.3 Å². The Morgan fingerprint density at radius 1 is 0.786 bits per heavy atom. The zero-order valence-corrected chi connectivity index (χ0v) is 16.7. The fraction of sp³-hybridized carbons (Fsp3) is 0.0417. The summed E-state index contributed by atoms with van der Waals surface area (Å²) in [6, 6.07) is 28.0. The lowest BCUT2D eigenvalue weighted by atomic mass is 10.0. The van der Waals surface area contributed by atoms with Gasteiger partial charge in [-0.1, -0.05) is 70.5 Å². The van der Waals surface area contributed by atoms with Gasteiger partial charge in [-0.25, -0.2) is 4.57 Å². The molecule has 0 saturated carbocycles. The molecule has 136 valence electrons. The molecule has 3 nitrogen and oxygen atoms in total. The van der Waals surface area contributed by atoms with E-state index in [1.54, 1.807) is 10.9 Å². The van der Waals surface area contributed by atoms with E-state index in [-0.39, 0.29) is 12.3 Å². The Labute approximate surface area is 172 Å². The van der Waals surface area contributed by atoms with Crippen molar-refractivity contribution in [2.45, 2.75) is 6.54 Å². The molecule has 0 aliphatic rings.